The van der Waals surface area contributed by atoms with E-state index in [0.717, 1.165) is 16.8 Å². The Kier molecular flexibility index (Phi) is 5.96. The van der Waals surface area contributed by atoms with Crippen molar-refractivity contribution in [3.05, 3.63) is 47.5 Å². The molecule has 1 atom stereocenters. The number of carbonyl (C=O) groups is 2. The summed E-state index contributed by atoms with van der Waals surface area (Å²) in [6.45, 7) is 6.09. The van der Waals surface area contributed by atoms with Crippen LogP contribution in [0.25, 0.3) is 0 Å². The van der Waals surface area contributed by atoms with Gasteiger partial charge in [0.2, 0.25) is 15.9 Å². The van der Waals surface area contributed by atoms with Gasteiger partial charge in [-0.25, -0.2) is 8.42 Å². The molecule has 32 heavy (non-hydrogen) atoms. The fourth-order valence-electron chi connectivity index (χ4n) is 4.15. The van der Waals surface area contributed by atoms with E-state index in [1.54, 1.807) is 13.0 Å². The van der Waals surface area contributed by atoms with Crippen LogP contribution in [-0.4, -0.2) is 43.7 Å². The van der Waals surface area contributed by atoms with Crippen LogP contribution < -0.4 is 15.4 Å². The van der Waals surface area contributed by atoms with Crippen molar-refractivity contribution in [1.29, 1.82) is 0 Å². The van der Waals surface area contributed by atoms with E-state index in [4.69, 9.17) is 4.74 Å². The fourth-order valence-corrected chi connectivity index (χ4v) is 5.64. The average Bonchev–Trinajstić information content (AvgIpc) is 2.73. The molecule has 2 heterocycles. The summed E-state index contributed by atoms with van der Waals surface area (Å²) >= 11 is 0. The summed E-state index contributed by atoms with van der Waals surface area (Å²) in [7, 11) is -3.75. The number of rotatable bonds is 4. The van der Waals surface area contributed by atoms with Crippen LogP contribution in [0.1, 0.15) is 30.9 Å². The number of hydrogen-bond acceptors (Lipinski definition) is 5. The lowest BCUT2D eigenvalue weighted by Gasteiger charge is -2.31. The summed E-state index contributed by atoms with van der Waals surface area (Å²) in [6, 6.07) is 10.3. The summed E-state index contributed by atoms with van der Waals surface area (Å²) in [5, 5.41) is 5.64. The zero-order chi connectivity index (χ0) is 23.0. The van der Waals surface area contributed by atoms with E-state index in [-0.39, 0.29) is 35.7 Å². The van der Waals surface area contributed by atoms with Gasteiger partial charge in [-0.1, -0.05) is 6.07 Å². The number of piperidine rings is 1. The van der Waals surface area contributed by atoms with Gasteiger partial charge < -0.3 is 15.4 Å². The van der Waals surface area contributed by atoms with Gasteiger partial charge in [-0.05, 0) is 75.1 Å². The third-order valence-electron chi connectivity index (χ3n) is 5.83. The molecule has 0 aromatic heterocycles. The average molecular weight is 458 g/mol. The van der Waals surface area contributed by atoms with Crippen LogP contribution in [0.4, 0.5) is 11.4 Å². The van der Waals surface area contributed by atoms with E-state index in [0.29, 0.717) is 24.3 Å². The van der Waals surface area contributed by atoms with Crippen molar-refractivity contribution in [3.8, 4) is 5.75 Å². The number of anilines is 2. The van der Waals surface area contributed by atoms with Crippen molar-refractivity contribution in [3.63, 3.8) is 0 Å². The molecule has 2 aliphatic heterocycles. The van der Waals surface area contributed by atoms with Gasteiger partial charge >= 0.3 is 0 Å². The van der Waals surface area contributed by atoms with Crippen LogP contribution in [0.2, 0.25) is 0 Å². The maximum Gasteiger partial charge on any atom is 0.265 e. The second-order valence-electron chi connectivity index (χ2n) is 8.45. The third kappa shape index (κ3) is 4.49. The molecule has 2 N–H and O–H groups in total. The first-order valence-corrected chi connectivity index (χ1v) is 12.1. The molecule has 2 aromatic carbocycles. The smallest absolute Gasteiger partial charge is 0.265 e. The van der Waals surface area contributed by atoms with Crippen LogP contribution in [0.5, 0.6) is 5.75 Å². The lowest BCUT2D eigenvalue weighted by atomic mass is 9.97. The molecule has 0 saturated carbocycles. The molecule has 0 spiro atoms. The van der Waals surface area contributed by atoms with Gasteiger partial charge in [0.25, 0.3) is 5.91 Å². The van der Waals surface area contributed by atoms with Crippen molar-refractivity contribution >= 4 is 33.2 Å². The highest BCUT2D eigenvalue weighted by atomic mass is 32.2. The summed E-state index contributed by atoms with van der Waals surface area (Å²) in [6.07, 6.45) is 0.259. The third-order valence-corrected chi connectivity index (χ3v) is 7.73. The molecule has 2 amide bonds. The minimum absolute atomic E-state index is 0.0881. The Labute approximate surface area is 188 Å². The molecule has 0 unspecified atom stereocenters. The fraction of sp³-hybridized carbons (Fsp3) is 0.391. The number of benzene rings is 2. The van der Waals surface area contributed by atoms with E-state index >= 15 is 0 Å². The first-order valence-electron chi connectivity index (χ1n) is 10.6. The zero-order valence-electron chi connectivity index (χ0n) is 18.3. The standard InChI is InChI=1S/C23H27N3O5S/c1-14-10-15(2)12-18(11-14)24-23(28)17-6-8-26(9-7-17)32(29,30)19-4-5-21-20(13-19)25-22(27)16(3)31-21/h4-5,10-13,16-17H,6-9H2,1-3H3,(H,24,28)(H,25,27)/t16-/m0/s1. The molecule has 1 fully saturated rings. The van der Waals surface area contributed by atoms with Gasteiger partial charge in [0.15, 0.2) is 6.10 Å². The number of aryl methyl sites for hydroxylation is 2. The summed E-state index contributed by atoms with van der Waals surface area (Å²) in [4.78, 5) is 24.6. The Bertz CT molecular complexity index is 1150. The number of carbonyl (C=O) groups excluding carboxylic acids is 2. The predicted molar refractivity (Wildman–Crippen MR) is 121 cm³/mol. The monoisotopic (exact) mass is 457 g/mol. The topological polar surface area (TPSA) is 105 Å². The molecule has 4 rings (SSSR count). The highest BCUT2D eigenvalue weighted by Crippen LogP contribution is 2.33. The first kappa shape index (κ1) is 22.3. The van der Waals surface area contributed by atoms with Crippen LogP contribution in [0, 0.1) is 19.8 Å². The molecule has 0 aliphatic carbocycles. The lowest BCUT2D eigenvalue weighted by molar-refractivity contribution is -0.123. The first-order chi connectivity index (χ1) is 15.1. The van der Waals surface area contributed by atoms with Crippen molar-refractivity contribution in [2.45, 2.75) is 44.6 Å². The van der Waals surface area contributed by atoms with Crippen molar-refractivity contribution < 1.29 is 22.7 Å². The highest BCUT2D eigenvalue weighted by molar-refractivity contribution is 7.89. The lowest BCUT2D eigenvalue weighted by Crippen LogP contribution is -2.41. The van der Waals surface area contributed by atoms with Crippen LogP contribution in [-0.2, 0) is 19.6 Å². The summed E-state index contributed by atoms with van der Waals surface area (Å²) < 4.78 is 33.2. The van der Waals surface area contributed by atoms with Crippen LogP contribution in [0.3, 0.4) is 0 Å². The molecule has 8 nitrogen and oxygen atoms in total. The molecule has 2 aromatic rings. The molecule has 1 saturated heterocycles. The Morgan fingerprint density at radius 1 is 1.09 bits per heavy atom. The SMILES string of the molecule is Cc1cc(C)cc(NC(=O)C2CCN(S(=O)(=O)c3ccc4c(c3)NC(=O)[C@H](C)O4)CC2)c1. The highest BCUT2D eigenvalue weighted by Gasteiger charge is 2.33. The predicted octanol–water partition coefficient (Wildman–Crippen LogP) is 3.06. The summed E-state index contributed by atoms with van der Waals surface area (Å²) in [5.41, 5.74) is 3.25. The van der Waals surface area contributed by atoms with Crippen molar-refractivity contribution in [2.75, 3.05) is 23.7 Å². The van der Waals surface area contributed by atoms with Crippen molar-refractivity contribution in [2.24, 2.45) is 5.92 Å². The van der Waals surface area contributed by atoms with Gasteiger partial charge in [-0.15, -0.1) is 0 Å². The number of hydrogen-bond donors (Lipinski definition) is 2. The Morgan fingerprint density at radius 2 is 1.75 bits per heavy atom. The number of nitrogens with one attached hydrogen (secondary N) is 2. The summed E-state index contributed by atoms with van der Waals surface area (Å²) in [5.74, 6) is -0.213. The normalized spacial score (nSPS) is 19.6. The van der Waals surface area contributed by atoms with E-state index in [9.17, 15) is 18.0 Å². The Balaban J connectivity index is 1.42. The van der Waals surface area contributed by atoms with Gasteiger partial charge in [0.1, 0.15) is 5.75 Å². The minimum atomic E-state index is -3.75. The quantitative estimate of drug-likeness (QED) is 0.734. The van der Waals surface area contributed by atoms with E-state index in [1.807, 2.05) is 32.0 Å². The van der Waals surface area contributed by atoms with Gasteiger partial charge in [-0.2, -0.15) is 4.31 Å². The number of sulfonamides is 1. The second kappa shape index (κ2) is 8.55. The zero-order valence-corrected chi connectivity index (χ0v) is 19.2. The maximum atomic E-state index is 13.1. The Hall–Kier alpha value is -2.91. The molecule has 0 radical (unpaired) electrons. The van der Waals surface area contributed by atoms with E-state index in [1.165, 1.54) is 16.4 Å². The largest absolute Gasteiger partial charge is 0.479 e. The van der Waals surface area contributed by atoms with E-state index < -0.39 is 16.1 Å². The molecular formula is C23H27N3O5S. The second-order valence-corrected chi connectivity index (χ2v) is 10.4. The number of ether oxygens (including phenoxy) is 1. The van der Waals surface area contributed by atoms with Crippen LogP contribution in [0.15, 0.2) is 41.3 Å². The number of fused-ring (bicyclic) bond motifs is 1. The number of nitrogens with zero attached hydrogens (tertiary/aromatic N) is 1. The van der Waals surface area contributed by atoms with E-state index in [2.05, 4.69) is 10.6 Å². The Morgan fingerprint density at radius 3 is 2.41 bits per heavy atom. The molecule has 2 aliphatic rings. The van der Waals surface area contributed by atoms with Gasteiger partial charge in [-0.3, -0.25) is 9.59 Å². The number of amides is 2. The minimum Gasteiger partial charge on any atom is -0.479 e. The molecule has 0 bridgehead atoms. The molecule has 170 valence electrons. The van der Waals surface area contributed by atoms with Crippen molar-refractivity contribution in [1.82, 2.24) is 4.31 Å². The van der Waals surface area contributed by atoms with Crippen LogP contribution >= 0.6 is 0 Å². The van der Waals surface area contributed by atoms with Gasteiger partial charge in [0, 0.05) is 24.7 Å². The molecule has 9 heteroatoms. The van der Waals surface area contributed by atoms with Gasteiger partial charge in [0.05, 0.1) is 10.6 Å². The maximum absolute atomic E-state index is 13.1. The molecular weight excluding hydrogens is 430 g/mol.